The topological polar surface area (TPSA) is 97.9 Å². The molecule has 10 nitrogen and oxygen atoms in total. The Morgan fingerprint density at radius 2 is 1.87 bits per heavy atom. The van der Waals surface area contributed by atoms with E-state index in [1.807, 2.05) is 18.3 Å². The fraction of sp³-hybridized carbons (Fsp3) is 0.476. The summed E-state index contributed by atoms with van der Waals surface area (Å²) in [5.74, 6) is 0.406. The number of Topliss-reactive ketones (excluding diaryl/α,β-unsaturated/α-hetero) is 1. The van der Waals surface area contributed by atoms with Crippen LogP contribution in [0.4, 0.5) is 5.95 Å². The van der Waals surface area contributed by atoms with E-state index in [9.17, 15) is 9.59 Å². The summed E-state index contributed by atoms with van der Waals surface area (Å²) in [5.41, 5.74) is 2.26. The maximum absolute atomic E-state index is 13.1. The lowest BCUT2D eigenvalue weighted by atomic mass is 10.1. The number of carbonyl (C=O) groups excluding carboxylic acids is 2. The van der Waals surface area contributed by atoms with Gasteiger partial charge in [-0.3, -0.25) is 14.3 Å². The molecule has 10 heteroatoms. The molecule has 0 unspecified atom stereocenters. The van der Waals surface area contributed by atoms with Gasteiger partial charge in [0.1, 0.15) is 5.69 Å². The largest absolute Gasteiger partial charge is 0.378 e. The number of anilines is 1. The molecule has 5 rings (SSSR count). The van der Waals surface area contributed by atoms with Gasteiger partial charge in [-0.05, 0) is 24.5 Å². The number of ketones is 1. The first-order valence-electron chi connectivity index (χ1n) is 10.6. The molecule has 3 aromatic heterocycles. The highest BCUT2D eigenvalue weighted by Gasteiger charge is 2.27. The number of pyridine rings is 1. The molecule has 0 radical (unpaired) electrons. The molecule has 3 aromatic rings. The molecular weight excluding hydrogens is 398 g/mol. The van der Waals surface area contributed by atoms with Gasteiger partial charge in [-0.1, -0.05) is 6.07 Å². The van der Waals surface area contributed by atoms with Gasteiger partial charge in [-0.25, -0.2) is 4.52 Å². The van der Waals surface area contributed by atoms with Crippen molar-refractivity contribution in [3.05, 3.63) is 41.3 Å². The summed E-state index contributed by atoms with van der Waals surface area (Å²) in [7, 11) is 1.70. The van der Waals surface area contributed by atoms with E-state index in [-0.39, 0.29) is 18.1 Å². The molecule has 0 spiro atoms. The fourth-order valence-corrected chi connectivity index (χ4v) is 4.20. The molecule has 0 aromatic carbocycles. The van der Waals surface area contributed by atoms with Gasteiger partial charge in [-0.2, -0.15) is 10.1 Å². The summed E-state index contributed by atoms with van der Waals surface area (Å²) in [6.45, 7) is 4.32. The Morgan fingerprint density at radius 3 is 2.65 bits per heavy atom. The van der Waals surface area contributed by atoms with Crippen molar-refractivity contribution in [1.29, 1.82) is 0 Å². The summed E-state index contributed by atoms with van der Waals surface area (Å²) >= 11 is 0. The first-order chi connectivity index (χ1) is 15.1. The molecule has 162 valence electrons. The minimum Gasteiger partial charge on any atom is -0.378 e. The predicted octanol–water partition coefficient (Wildman–Crippen LogP) is 0.961. The first-order valence-corrected chi connectivity index (χ1v) is 10.6. The van der Waals surface area contributed by atoms with Crippen molar-refractivity contribution in [2.24, 2.45) is 7.05 Å². The number of likely N-dealkylation sites (tertiary alicyclic amines) is 1. The Kier molecular flexibility index (Phi) is 5.14. The van der Waals surface area contributed by atoms with Crippen LogP contribution in [0, 0.1) is 0 Å². The van der Waals surface area contributed by atoms with Crippen LogP contribution in [0.3, 0.4) is 0 Å². The van der Waals surface area contributed by atoms with Gasteiger partial charge in [0.15, 0.2) is 11.4 Å². The normalized spacial score (nSPS) is 16.9. The van der Waals surface area contributed by atoms with E-state index in [1.165, 1.54) is 10.9 Å². The second-order valence-corrected chi connectivity index (χ2v) is 7.98. The monoisotopic (exact) mass is 423 g/mol. The number of ether oxygens (including phenoxy) is 1. The van der Waals surface area contributed by atoms with Crippen molar-refractivity contribution in [3.8, 4) is 0 Å². The molecule has 0 bridgehead atoms. The first kappa shape index (κ1) is 19.7. The maximum Gasteiger partial charge on any atom is 0.257 e. The molecule has 0 saturated carbocycles. The minimum absolute atomic E-state index is 0.115. The number of hydrogen-bond donors (Lipinski definition) is 0. The molecule has 2 saturated heterocycles. The molecule has 2 fully saturated rings. The van der Waals surface area contributed by atoms with Crippen LogP contribution in [-0.4, -0.2) is 80.4 Å². The molecule has 0 N–H and O–H groups in total. The lowest BCUT2D eigenvalue weighted by Crippen LogP contribution is -2.36. The third-order valence-electron chi connectivity index (χ3n) is 5.87. The number of amides is 1. The Morgan fingerprint density at radius 1 is 1.10 bits per heavy atom. The van der Waals surface area contributed by atoms with Crippen LogP contribution in [0.1, 0.15) is 39.3 Å². The number of hydrogen-bond acceptors (Lipinski definition) is 7. The number of rotatable bonds is 5. The summed E-state index contributed by atoms with van der Waals surface area (Å²) in [5, 5.41) is 8.75. The third-order valence-corrected chi connectivity index (χ3v) is 5.87. The highest BCUT2D eigenvalue weighted by Crippen LogP contribution is 2.19. The average molecular weight is 423 g/mol. The number of aromatic nitrogens is 5. The van der Waals surface area contributed by atoms with Crippen LogP contribution < -0.4 is 4.90 Å². The Balaban J connectivity index is 1.37. The van der Waals surface area contributed by atoms with Crippen molar-refractivity contribution >= 4 is 23.3 Å². The number of morpholine rings is 1. The van der Waals surface area contributed by atoms with Crippen molar-refractivity contribution in [3.63, 3.8) is 0 Å². The van der Waals surface area contributed by atoms with Crippen LogP contribution in [0.15, 0.2) is 24.5 Å². The standard InChI is InChI=1S/C21H25N7O3/c1-25-19(16(13-22-25)20(30)26-6-2-3-7-26)17(29)12-15-4-5-18-23-21(24-28(18)14-15)27-8-10-31-11-9-27/h4-5,13-14H,2-3,6-12H2,1H3. The number of fused-ring (bicyclic) bond motifs is 1. The molecule has 0 aliphatic carbocycles. The quantitative estimate of drug-likeness (QED) is 0.564. The Hall–Kier alpha value is -3.27. The van der Waals surface area contributed by atoms with E-state index in [0.717, 1.165) is 50.2 Å². The van der Waals surface area contributed by atoms with Gasteiger partial charge < -0.3 is 14.5 Å². The molecule has 31 heavy (non-hydrogen) atoms. The summed E-state index contributed by atoms with van der Waals surface area (Å²) in [6, 6.07) is 3.74. The lowest BCUT2D eigenvalue weighted by molar-refractivity contribution is 0.0786. The van der Waals surface area contributed by atoms with E-state index < -0.39 is 0 Å². The second kappa shape index (κ2) is 8.10. The van der Waals surface area contributed by atoms with E-state index in [2.05, 4.69) is 20.1 Å². The van der Waals surface area contributed by atoms with E-state index >= 15 is 0 Å². The zero-order valence-corrected chi connectivity index (χ0v) is 17.5. The number of aryl methyl sites for hydroxylation is 1. The van der Waals surface area contributed by atoms with Crippen molar-refractivity contribution in [2.45, 2.75) is 19.3 Å². The maximum atomic E-state index is 13.1. The van der Waals surface area contributed by atoms with Crippen LogP contribution in [0.5, 0.6) is 0 Å². The lowest BCUT2D eigenvalue weighted by Gasteiger charge is -2.25. The van der Waals surface area contributed by atoms with Crippen LogP contribution >= 0.6 is 0 Å². The smallest absolute Gasteiger partial charge is 0.257 e. The van der Waals surface area contributed by atoms with Gasteiger partial charge in [0.05, 0.1) is 25.0 Å². The molecular formula is C21H25N7O3. The van der Waals surface area contributed by atoms with Crippen molar-refractivity contribution in [2.75, 3.05) is 44.3 Å². The van der Waals surface area contributed by atoms with Gasteiger partial charge in [0.25, 0.3) is 5.91 Å². The van der Waals surface area contributed by atoms with E-state index in [0.29, 0.717) is 30.4 Å². The molecule has 2 aliphatic rings. The molecule has 1 amide bonds. The number of nitrogens with zero attached hydrogens (tertiary/aromatic N) is 7. The summed E-state index contributed by atoms with van der Waals surface area (Å²) in [6.07, 6.45) is 5.48. The molecule has 0 atom stereocenters. The third kappa shape index (κ3) is 3.78. The summed E-state index contributed by atoms with van der Waals surface area (Å²) in [4.78, 5) is 34.4. The highest BCUT2D eigenvalue weighted by molar-refractivity contribution is 6.07. The fourth-order valence-electron chi connectivity index (χ4n) is 4.20. The van der Waals surface area contributed by atoms with Crippen molar-refractivity contribution in [1.82, 2.24) is 29.3 Å². The van der Waals surface area contributed by atoms with Crippen molar-refractivity contribution < 1.29 is 14.3 Å². The number of carbonyl (C=O) groups is 2. The van der Waals surface area contributed by atoms with Gasteiger partial charge >= 0.3 is 0 Å². The average Bonchev–Trinajstić information content (AvgIpc) is 3.53. The zero-order valence-electron chi connectivity index (χ0n) is 17.5. The van der Waals surface area contributed by atoms with E-state index in [4.69, 9.17) is 4.74 Å². The summed E-state index contributed by atoms with van der Waals surface area (Å²) < 4.78 is 8.58. The highest BCUT2D eigenvalue weighted by atomic mass is 16.5. The zero-order chi connectivity index (χ0) is 21.4. The minimum atomic E-state index is -0.143. The van der Waals surface area contributed by atoms with Crippen LogP contribution in [-0.2, 0) is 18.2 Å². The van der Waals surface area contributed by atoms with E-state index in [1.54, 1.807) is 16.5 Å². The van der Waals surface area contributed by atoms with Crippen LogP contribution in [0.25, 0.3) is 5.65 Å². The molecule has 5 heterocycles. The van der Waals surface area contributed by atoms with Crippen LogP contribution in [0.2, 0.25) is 0 Å². The van der Waals surface area contributed by atoms with Gasteiger partial charge in [-0.15, -0.1) is 5.10 Å². The predicted molar refractivity (Wildman–Crippen MR) is 112 cm³/mol. The van der Waals surface area contributed by atoms with Gasteiger partial charge in [0, 0.05) is 45.8 Å². The Labute approximate surface area is 179 Å². The van der Waals surface area contributed by atoms with Gasteiger partial charge in [0.2, 0.25) is 5.95 Å². The molecule has 2 aliphatic heterocycles. The SMILES string of the molecule is Cn1ncc(C(=O)N2CCCC2)c1C(=O)Cc1ccc2nc(N3CCOCC3)nn2c1. The Bertz CT molecular complexity index is 1120. The second-order valence-electron chi connectivity index (χ2n) is 7.98.